The quantitative estimate of drug-likeness (QED) is 0.656. The van der Waals surface area contributed by atoms with Gasteiger partial charge in [-0.15, -0.1) is 11.3 Å². The van der Waals surface area contributed by atoms with Crippen molar-refractivity contribution in [1.82, 2.24) is 4.98 Å². The Hall–Kier alpha value is -0.450. The molecule has 0 aromatic carbocycles. The maximum Gasteiger partial charge on any atom is 0.0898 e. The number of hydrogen-bond acceptors (Lipinski definition) is 4. The fourth-order valence-electron chi connectivity index (χ4n) is 0.644. The minimum atomic E-state index is -0.315. The first-order chi connectivity index (χ1) is 4.74. The fraction of sp³-hybridized carbons (Fsp3) is 0.500. The van der Waals surface area contributed by atoms with E-state index in [4.69, 9.17) is 10.8 Å². The van der Waals surface area contributed by atoms with Crippen molar-refractivity contribution in [3.63, 3.8) is 0 Å². The molecule has 0 bridgehead atoms. The van der Waals surface area contributed by atoms with Gasteiger partial charge >= 0.3 is 0 Å². The van der Waals surface area contributed by atoms with E-state index in [-0.39, 0.29) is 12.6 Å². The molecule has 0 fully saturated rings. The lowest BCUT2D eigenvalue weighted by Gasteiger charge is -2.01. The maximum absolute atomic E-state index is 8.64. The lowest BCUT2D eigenvalue weighted by atomic mass is 10.3. The molecule has 0 spiro atoms. The van der Waals surface area contributed by atoms with Gasteiger partial charge in [0.05, 0.1) is 23.4 Å². The van der Waals surface area contributed by atoms with E-state index < -0.39 is 0 Å². The minimum Gasteiger partial charge on any atom is -0.394 e. The number of hydrogen-bond donors (Lipinski definition) is 2. The van der Waals surface area contributed by atoms with Crippen LogP contribution in [0.3, 0.4) is 0 Å². The summed E-state index contributed by atoms with van der Waals surface area (Å²) < 4.78 is 0. The van der Waals surface area contributed by atoms with Crippen LogP contribution in [0.1, 0.15) is 16.7 Å². The molecule has 0 saturated carbocycles. The Morgan fingerprint density at radius 3 is 3.00 bits per heavy atom. The van der Waals surface area contributed by atoms with Gasteiger partial charge in [-0.1, -0.05) is 0 Å². The summed E-state index contributed by atoms with van der Waals surface area (Å²) in [6.45, 7) is 1.88. The molecule has 0 aliphatic carbocycles. The molecular weight excluding hydrogens is 148 g/mol. The first-order valence-electron chi connectivity index (χ1n) is 3.02. The summed E-state index contributed by atoms with van der Waals surface area (Å²) in [6.07, 6.45) is 0. The second-order valence-corrected chi connectivity index (χ2v) is 3.14. The molecule has 0 aliphatic heterocycles. The van der Waals surface area contributed by atoms with Crippen LogP contribution >= 0.6 is 11.3 Å². The normalized spacial score (nSPS) is 13.5. The molecule has 3 N–H and O–H groups in total. The minimum absolute atomic E-state index is 0.0385. The SMILES string of the molecule is Cc1nc(C(N)CO)cs1. The van der Waals surface area contributed by atoms with Gasteiger partial charge in [0.15, 0.2) is 0 Å². The molecule has 1 aromatic heterocycles. The average Bonchev–Trinajstić information content (AvgIpc) is 2.34. The third kappa shape index (κ3) is 1.53. The molecule has 0 amide bonds. The van der Waals surface area contributed by atoms with Crippen LogP contribution in [-0.2, 0) is 0 Å². The van der Waals surface area contributed by atoms with Crippen LogP contribution in [0.4, 0.5) is 0 Å². The van der Waals surface area contributed by atoms with E-state index >= 15 is 0 Å². The zero-order valence-corrected chi connectivity index (χ0v) is 6.56. The summed E-state index contributed by atoms with van der Waals surface area (Å²) in [5, 5.41) is 11.5. The molecule has 3 nitrogen and oxygen atoms in total. The van der Waals surface area contributed by atoms with Crippen molar-refractivity contribution in [2.75, 3.05) is 6.61 Å². The van der Waals surface area contributed by atoms with Crippen molar-refractivity contribution < 1.29 is 5.11 Å². The van der Waals surface area contributed by atoms with Gasteiger partial charge in [0.1, 0.15) is 0 Å². The monoisotopic (exact) mass is 158 g/mol. The summed E-state index contributed by atoms with van der Waals surface area (Å²) in [4.78, 5) is 4.11. The molecule has 1 aromatic rings. The molecule has 1 unspecified atom stereocenters. The largest absolute Gasteiger partial charge is 0.394 e. The number of nitrogens with two attached hydrogens (primary N) is 1. The maximum atomic E-state index is 8.64. The first-order valence-corrected chi connectivity index (χ1v) is 3.90. The Bertz CT molecular complexity index is 211. The number of nitrogens with zero attached hydrogens (tertiary/aromatic N) is 1. The summed E-state index contributed by atoms with van der Waals surface area (Å²) >= 11 is 1.55. The molecule has 10 heavy (non-hydrogen) atoms. The van der Waals surface area contributed by atoms with Crippen LogP contribution in [0.15, 0.2) is 5.38 Å². The van der Waals surface area contributed by atoms with Crippen LogP contribution in [0.2, 0.25) is 0 Å². The predicted octanol–water partition coefficient (Wildman–Crippen LogP) is 0.444. The van der Waals surface area contributed by atoms with Gasteiger partial charge < -0.3 is 10.8 Å². The van der Waals surface area contributed by atoms with Gasteiger partial charge in [-0.25, -0.2) is 4.98 Å². The van der Waals surface area contributed by atoms with E-state index in [2.05, 4.69) is 4.98 Å². The van der Waals surface area contributed by atoms with E-state index in [0.29, 0.717) is 0 Å². The summed E-state index contributed by atoms with van der Waals surface area (Å²) in [5.41, 5.74) is 6.28. The molecule has 1 atom stereocenters. The van der Waals surface area contributed by atoms with Gasteiger partial charge in [-0.05, 0) is 6.92 Å². The van der Waals surface area contributed by atoms with Gasteiger partial charge in [-0.2, -0.15) is 0 Å². The lowest BCUT2D eigenvalue weighted by molar-refractivity contribution is 0.266. The molecule has 4 heteroatoms. The molecule has 1 rings (SSSR count). The second-order valence-electron chi connectivity index (χ2n) is 2.08. The van der Waals surface area contributed by atoms with E-state index in [0.717, 1.165) is 10.7 Å². The number of aryl methyl sites for hydroxylation is 1. The number of aromatic nitrogens is 1. The predicted molar refractivity (Wildman–Crippen MR) is 40.9 cm³/mol. The Labute approximate surface area is 63.5 Å². The lowest BCUT2D eigenvalue weighted by Crippen LogP contribution is -2.14. The smallest absolute Gasteiger partial charge is 0.0898 e. The zero-order chi connectivity index (χ0) is 7.56. The van der Waals surface area contributed by atoms with E-state index in [1.54, 1.807) is 11.3 Å². The van der Waals surface area contributed by atoms with Gasteiger partial charge in [-0.3, -0.25) is 0 Å². The summed E-state index contributed by atoms with van der Waals surface area (Å²) in [7, 11) is 0. The van der Waals surface area contributed by atoms with Gasteiger partial charge in [0.2, 0.25) is 0 Å². The van der Waals surface area contributed by atoms with Crippen molar-refractivity contribution in [3.05, 3.63) is 16.1 Å². The number of rotatable bonds is 2. The molecular formula is C6H10N2OS. The Morgan fingerprint density at radius 2 is 2.60 bits per heavy atom. The van der Waals surface area contributed by atoms with Gasteiger partial charge in [0.25, 0.3) is 0 Å². The highest BCUT2D eigenvalue weighted by molar-refractivity contribution is 7.09. The number of thiazole rings is 1. The highest BCUT2D eigenvalue weighted by atomic mass is 32.1. The third-order valence-electron chi connectivity index (χ3n) is 1.21. The fourth-order valence-corrected chi connectivity index (χ4v) is 1.32. The molecule has 0 aliphatic rings. The van der Waals surface area contributed by atoms with Crippen molar-refractivity contribution in [2.24, 2.45) is 5.73 Å². The van der Waals surface area contributed by atoms with Crippen molar-refractivity contribution in [3.8, 4) is 0 Å². The van der Waals surface area contributed by atoms with Crippen molar-refractivity contribution in [2.45, 2.75) is 13.0 Å². The van der Waals surface area contributed by atoms with Crippen LogP contribution in [0.25, 0.3) is 0 Å². The summed E-state index contributed by atoms with van der Waals surface area (Å²) in [6, 6.07) is -0.315. The van der Waals surface area contributed by atoms with E-state index in [1.165, 1.54) is 0 Å². The Morgan fingerprint density at radius 1 is 1.90 bits per heavy atom. The average molecular weight is 158 g/mol. The van der Waals surface area contributed by atoms with Crippen molar-refractivity contribution >= 4 is 11.3 Å². The Balaban J connectivity index is 2.74. The highest BCUT2D eigenvalue weighted by Gasteiger charge is 2.06. The van der Waals surface area contributed by atoms with Crippen molar-refractivity contribution in [1.29, 1.82) is 0 Å². The third-order valence-corrected chi connectivity index (χ3v) is 2.01. The number of aliphatic hydroxyl groups is 1. The van der Waals surface area contributed by atoms with Crippen LogP contribution in [0, 0.1) is 6.92 Å². The van der Waals surface area contributed by atoms with Crippen LogP contribution in [0.5, 0.6) is 0 Å². The standard InChI is InChI=1S/C6H10N2OS/c1-4-8-6(3-10-4)5(7)2-9/h3,5,9H,2,7H2,1H3. The topological polar surface area (TPSA) is 59.1 Å². The Kier molecular flexibility index (Phi) is 2.37. The zero-order valence-electron chi connectivity index (χ0n) is 5.74. The number of aliphatic hydroxyl groups excluding tert-OH is 1. The van der Waals surface area contributed by atoms with Crippen LogP contribution < -0.4 is 5.73 Å². The summed E-state index contributed by atoms with van der Waals surface area (Å²) in [5.74, 6) is 0. The molecule has 1 heterocycles. The van der Waals surface area contributed by atoms with Gasteiger partial charge in [0, 0.05) is 5.38 Å². The van der Waals surface area contributed by atoms with E-state index in [1.807, 2.05) is 12.3 Å². The highest BCUT2D eigenvalue weighted by Crippen LogP contribution is 2.13. The molecule has 56 valence electrons. The molecule has 0 saturated heterocycles. The first kappa shape index (κ1) is 7.65. The van der Waals surface area contributed by atoms with Crippen LogP contribution in [-0.4, -0.2) is 16.7 Å². The van der Waals surface area contributed by atoms with E-state index in [9.17, 15) is 0 Å². The molecule has 0 radical (unpaired) electrons. The second kappa shape index (κ2) is 3.09.